The standard InChI is InChI=1S/C26H30ClFN2O2/c1-16-22(17(2)30-13-5-4-6-14-30)26(31)20-11-12-21(32-3)24(27)23(20)25(16)29-15-18-7-9-19(28)10-8-18/h7-12,17,29,31H,4-6,13-15H2,1-3H3. The van der Waals surface area contributed by atoms with E-state index in [4.69, 9.17) is 16.3 Å². The number of hydrogen-bond donors (Lipinski definition) is 2. The molecule has 0 bridgehead atoms. The molecule has 0 saturated carbocycles. The van der Waals surface area contributed by atoms with E-state index in [1.54, 1.807) is 25.3 Å². The normalized spacial score (nSPS) is 15.7. The number of phenolic OH excluding ortho intramolecular Hbond substituents is 1. The lowest BCUT2D eigenvalue weighted by Crippen LogP contribution is -2.32. The first-order valence-corrected chi connectivity index (χ1v) is 11.5. The van der Waals surface area contributed by atoms with Crippen molar-refractivity contribution in [3.63, 3.8) is 0 Å². The molecule has 1 fully saturated rings. The number of methoxy groups -OCH3 is 1. The van der Waals surface area contributed by atoms with Crippen molar-refractivity contribution in [3.05, 3.63) is 63.9 Å². The SMILES string of the molecule is COc1ccc2c(O)c(C(C)N3CCCCC3)c(C)c(NCc3ccc(F)cc3)c2c1Cl. The fraction of sp³-hybridized carbons (Fsp3) is 0.385. The van der Waals surface area contributed by atoms with E-state index in [0.29, 0.717) is 22.7 Å². The van der Waals surface area contributed by atoms with Crippen molar-refractivity contribution in [2.24, 2.45) is 0 Å². The number of rotatable bonds is 6. The van der Waals surface area contributed by atoms with E-state index in [2.05, 4.69) is 17.1 Å². The first-order chi connectivity index (χ1) is 15.4. The van der Waals surface area contributed by atoms with Crippen molar-refractivity contribution in [1.29, 1.82) is 0 Å². The molecule has 4 nitrogen and oxygen atoms in total. The Labute approximate surface area is 194 Å². The molecular weight excluding hydrogens is 427 g/mol. The molecule has 170 valence electrons. The molecule has 0 aromatic heterocycles. The Hall–Kier alpha value is -2.50. The van der Waals surface area contributed by atoms with Crippen LogP contribution in [0.3, 0.4) is 0 Å². The fourth-order valence-corrected chi connectivity index (χ4v) is 5.15. The lowest BCUT2D eigenvalue weighted by molar-refractivity contribution is 0.172. The summed E-state index contributed by atoms with van der Waals surface area (Å²) < 4.78 is 18.8. The van der Waals surface area contributed by atoms with E-state index in [0.717, 1.165) is 40.9 Å². The number of piperidine rings is 1. The highest BCUT2D eigenvalue weighted by Crippen LogP contribution is 2.47. The highest BCUT2D eigenvalue weighted by molar-refractivity contribution is 6.38. The van der Waals surface area contributed by atoms with Gasteiger partial charge in [-0.15, -0.1) is 0 Å². The first kappa shape index (κ1) is 22.7. The van der Waals surface area contributed by atoms with Crippen molar-refractivity contribution < 1.29 is 14.2 Å². The zero-order chi connectivity index (χ0) is 22.8. The van der Waals surface area contributed by atoms with Crippen LogP contribution in [0.5, 0.6) is 11.5 Å². The molecule has 0 aliphatic carbocycles. The van der Waals surface area contributed by atoms with Gasteiger partial charge in [-0.05, 0) is 75.2 Å². The largest absolute Gasteiger partial charge is 0.507 e. The predicted molar refractivity (Wildman–Crippen MR) is 129 cm³/mol. The van der Waals surface area contributed by atoms with E-state index in [-0.39, 0.29) is 17.6 Å². The maximum absolute atomic E-state index is 13.3. The summed E-state index contributed by atoms with van der Waals surface area (Å²) in [6, 6.07) is 10.2. The van der Waals surface area contributed by atoms with Crippen LogP contribution in [0, 0.1) is 12.7 Å². The monoisotopic (exact) mass is 456 g/mol. The number of benzene rings is 3. The summed E-state index contributed by atoms with van der Waals surface area (Å²) in [5.74, 6) is 0.567. The molecule has 1 saturated heterocycles. The first-order valence-electron chi connectivity index (χ1n) is 11.2. The summed E-state index contributed by atoms with van der Waals surface area (Å²) in [5.41, 5.74) is 3.70. The van der Waals surface area contributed by atoms with Crippen molar-refractivity contribution in [2.45, 2.75) is 45.7 Å². The van der Waals surface area contributed by atoms with Gasteiger partial charge in [-0.3, -0.25) is 4.90 Å². The summed E-state index contributed by atoms with van der Waals surface area (Å²) in [7, 11) is 1.58. The number of ether oxygens (including phenoxy) is 1. The molecule has 0 radical (unpaired) electrons. The smallest absolute Gasteiger partial charge is 0.138 e. The van der Waals surface area contributed by atoms with Gasteiger partial charge in [0.1, 0.15) is 17.3 Å². The fourth-order valence-electron chi connectivity index (χ4n) is 4.81. The van der Waals surface area contributed by atoms with Crippen LogP contribution in [0.25, 0.3) is 10.8 Å². The van der Waals surface area contributed by atoms with Crippen molar-refractivity contribution in [1.82, 2.24) is 4.90 Å². The molecule has 4 rings (SSSR count). The van der Waals surface area contributed by atoms with Gasteiger partial charge < -0.3 is 15.2 Å². The van der Waals surface area contributed by atoms with E-state index < -0.39 is 0 Å². The third kappa shape index (κ3) is 4.24. The van der Waals surface area contributed by atoms with Gasteiger partial charge >= 0.3 is 0 Å². The Kier molecular flexibility index (Phi) is 6.77. The van der Waals surface area contributed by atoms with E-state index in [1.807, 2.05) is 13.0 Å². The van der Waals surface area contributed by atoms with Gasteiger partial charge in [0, 0.05) is 34.6 Å². The maximum Gasteiger partial charge on any atom is 0.138 e. The number of halogens is 2. The Morgan fingerprint density at radius 2 is 1.81 bits per heavy atom. The topological polar surface area (TPSA) is 44.7 Å². The molecular formula is C26H30ClFN2O2. The molecule has 2 N–H and O–H groups in total. The Bertz CT molecular complexity index is 1110. The highest BCUT2D eigenvalue weighted by atomic mass is 35.5. The third-order valence-electron chi connectivity index (χ3n) is 6.60. The molecule has 0 amide bonds. The number of nitrogens with zero attached hydrogens (tertiary/aromatic N) is 1. The van der Waals surface area contributed by atoms with Crippen LogP contribution >= 0.6 is 11.6 Å². The van der Waals surface area contributed by atoms with Crippen LogP contribution in [-0.4, -0.2) is 30.2 Å². The lowest BCUT2D eigenvalue weighted by atomic mass is 9.91. The molecule has 0 spiro atoms. The number of fused-ring (bicyclic) bond motifs is 1. The van der Waals surface area contributed by atoms with E-state index >= 15 is 0 Å². The number of nitrogens with one attached hydrogen (secondary N) is 1. The molecule has 1 aliphatic heterocycles. The number of aromatic hydroxyl groups is 1. The van der Waals surface area contributed by atoms with Crippen LogP contribution in [0.2, 0.25) is 5.02 Å². The minimum atomic E-state index is -0.259. The highest BCUT2D eigenvalue weighted by Gasteiger charge is 2.27. The van der Waals surface area contributed by atoms with Crippen LogP contribution in [0.15, 0.2) is 36.4 Å². The number of phenols is 1. The molecule has 3 aromatic carbocycles. The summed E-state index contributed by atoms with van der Waals surface area (Å²) in [4.78, 5) is 2.44. The minimum Gasteiger partial charge on any atom is -0.507 e. The molecule has 3 aromatic rings. The van der Waals surface area contributed by atoms with E-state index in [1.165, 1.54) is 31.4 Å². The predicted octanol–water partition coefficient (Wildman–Crippen LogP) is 6.81. The number of anilines is 1. The van der Waals surface area contributed by atoms with Crippen molar-refractivity contribution >= 4 is 28.1 Å². The molecule has 1 aliphatic rings. The second-order valence-corrected chi connectivity index (χ2v) is 8.90. The Morgan fingerprint density at radius 3 is 2.47 bits per heavy atom. The molecule has 1 atom stereocenters. The number of likely N-dealkylation sites (tertiary alicyclic amines) is 1. The van der Waals surface area contributed by atoms with Crippen molar-refractivity contribution in [2.75, 3.05) is 25.5 Å². The maximum atomic E-state index is 13.3. The molecule has 32 heavy (non-hydrogen) atoms. The number of hydrogen-bond acceptors (Lipinski definition) is 4. The Morgan fingerprint density at radius 1 is 1.12 bits per heavy atom. The summed E-state index contributed by atoms with van der Waals surface area (Å²) >= 11 is 6.74. The van der Waals surface area contributed by atoms with Gasteiger partial charge in [0.15, 0.2) is 0 Å². The summed E-state index contributed by atoms with van der Waals surface area (Å²) in [5, 5.41) is 16.8. The van der Waals surface area contributed by atoms with Gasteiger partial charge in [0.05, 0.1) is 12.1 Å². The average molecular weight is 457 g/mol. The second kappa shape index (κ2) is 9.55. The summed E-state index contributed by atoms with van der Waals surface area (Å²) in [6.07, 6.45) is 3.61. The van der Waals surface area contributed by atoms with Crippen LogP contribution in [0.1, 0.15) is 48.9 Å². The van der Waals surface area contributed by atoms with E-state index in [9.17, 15) is 9.50 Å². The van der Waals surface area contributed by atoms with Crippen molar-refractivity contribution in [3.8, 4) is 11.5 Å². The molecule has 1 heterocycles. The average Bonchev–Trinajstić information content (AvgIpc) is 2.81. The van der Waals surface area contributed by atoms with Crippen LogP contribution in [0.4, 0.5) is 10.1 Å². The quantitative estimate of drug-likeness (QED) is 0.400. The second-order valence-electron chi connectivity index (χ2n) is 8.52. The van der Waals surface area contributed by atoms with Gasteiger partial charge in [0.25, 0.3) is 0 Å². The zero-order valence-electron chi connectivity index (χ0n) is 18.8. The summed E-state index contributed by atoms with van der Waals surface area (Å²) in [6.45, 7) is 6.75. The third-order valence-corrected chi connectivity index (χ3v) is 6.98. The minimum absolute atomic E-state index is 0.0759. The zero-order valence-corrected chi connectivity index (χ0v) is 19.6. The van der Waals surface area contributed by atoms with Gasteiger partial charge in [0.2, 0.25) is 0 Å². The van der Waals surface area contributed by atoms with Crippen LogP contribution in [-0.2, 0) is 6.54 Å². The molecule has 6 heteroatoms. The van der Waals surface area contributed by atoms with Gasteiger partial charge in [-0.1, -0.05) is 30.2 Å². The van der Waals surface area contributed by atoms with Gasteiger partial charge in [-0.2, -0.15) is 0 Å². The lowest BCUT2D eigenvalue weighted by Gasteiger charge is -2.34. The Balaban J connectivity index is 1.84. The van der Waals surface area contributed by atoms with Gasteiger partial charge in [-0.25, -0.2) is 4.39 Å². The van der Waals surface area contributed by atoms with Crippen LogP contribution < -0.4 is 10.1 Å². The molecule has 1 unspecified atom stereocenters.